The van der Waals surface area contributed by atoms with E-state index in [2.05, 4.69) is 5.32 Å². The van der Waals surface area contributed by atoms with E-state index in [1.807, 2.05) is 0 Å². The molecular weight excluding hydrogens is 235 g/mol. The van der Waals surface area contributed by atoms with Gasteiger partial charge in [0.05, 0.1) is 10.0 Å². The van der Waals surface area contributed by atoms with Crippen molar-refractivity contribution in [2.24, 2.45) is 5.73 Å². The SMILES string of the molecule is NC1CC1NC(=O)c1ccc(Cl)c(Cl)c1. The number of carbonyl (C=O) groups excluding carboxylic acids is 1. The molecule has 15 heavy (non-hydrogen) atoms. The second kappa shape index (κ2) is 4.00. The zero-order valence-corrected chi connectivity index (χ0v) is 9.35. The first-order valence-corrected chi connectivity index (χ1v) is 5.35. The Bertz CT molecular complexity index is 408. The summed E-state index contributed by atoms with van der Waals surface area (Å²) in [5, 5.41) is 3.62. The van der Waals surface area contributed by atoms with Crippen LogP contribution in [0.5, 0.6) is 0 Å². The first-order chi connectivity index (χ1) is 7.08. The van der Waals surface area contributed by atoms with E-state index < -0.39 is 0 Å². The van der Waals surface area contributed by atoms with Gasteiger partial charge in [0.25, 0.3) is 5.91 Å². The summed E-state index contributed by atoms with van der Waals surface area (Å²) in [7, 11) is 0. The Morgan fingerprint density at radius 1 is 1.40 bits per heavy atom. The minimum absolute atomic E-state index is 0.0942. The molecule has 1 aliphatic rings. The van der Waals surface area contributed by atoms with Gasteiger partial charge in [-0.05, 0) is 24.6 Å². The molecular formula is C10H10Cl2N2O. The van der Waals surface area contributed by atoms with Crippen LogP contribution in [-0.4, -0.2) is 18.0 Å². The minimum Gasteiger partial charge on any atom is -0.348 e. The highest BCUT2D eigenvalue weighted by Gasteiger charge is 2.34. The summed E-state index contributed by atoms with van der Waals surface area (Å²) >= 11 is 11.5. The lowest BCUT2D eigenvalue weighted by molar-refractivity contribution is 0.0950. The third kappa shape index (κ3) is 2.43. The standard InChI is InChI=1S/C10H10Cl2N2O/c11-6-2-1-5(3-7(6)12)10(15)14-9-4-8(9)13/h1-3,8-9H,4,13H2,(H,14,15). The predicted octanol–water partition coefficient (Wildman–Crippen LogP) is 1.82. The van der Waals surface area contributed by atoms with Gasteiger partial charge in [0.15, 0.2) is 0 Å². The van der Waals surface area contributed by atoms with Gasteiger partial charge < -0.3 is 11.1 Å². The van der Waals surface area contributed by atoms with Gasteiger partial charge >= 0.3 is 0 Å². The second-order valence-corrected chi connectivity index (χ2v) is 4.42. The number of halogens is 2. The number of nitrogens with one attached hydrogen (secondary N) is 1. The first-order valence-electron chi connectivity index (χ1n) is 4.59. The monoisotopic (exact) mass is 244 g/mol. The third-order valence-electron chi connectivity index (χ3n) is 2.34. The van der Waals surface area contributed by atoms with Gasteiger partial charge in [-0.25, -0.2) is 0 Å². The molecule has 1 aromatic rings. The van der Waals surface area contributed by atoms with Gasteiger partial charge in [0.2, 0.25) is 0 Å². The Balaban J connectivity index is 2.08. The highest BCUT2D eigenvalue weighted by molar-refractivity contribution is 6.42. The van der Waals surface area contributed by atoms with Crippen LogP contribution in [-0.2, 0) is 0 Å². The van der Waals surface area contributed by atoms with Gasteiger partial charge in [-0.3, -0.25) is 4.79 Å². The van der Waals surface area contributed by atoms with Crippen LogP contribution in [0.3, 0.4) is 0 Å². The number of hydrogen-bond acceptors (Lipinski definition) is 2. The quantitative estimate of drug-likeness (QED) is 0.834. The van der Waals surface area contributed by atoms with Crippen LogP contribution in [0.4, 0.5) is 0 Å². The number of rotatable bonds is 2. The molecule has 1 aromatic carbocycles. The van der Waals surface area contributed by atoms with E-state index in [1.54, 1.807) is 18.2 Å². The van der Waals surface area contributed by atoms with E-state index >= 15 is 0 Å². The molecule has 2 rings (SSSR count). The van der Waals surface area contributed by atoms with E-state index in [1.165, 1.54) is 0 Å². The Morgan fingerprint density at radius 3 is 2.60 bits per heavy atom. The molecule has 0 radical (unpaired) electrons. The average Bonchev–Trinajstić information content (AvgIpc) is 2.86. The van der Waals surface area contributed by atoms with Crippen LogP contribution in [0.15, 0.2) is 18.2 Å². The van der Waals surface area contributed by atoms with Crippen molar-refractivity contribution in [3.8, 4) is 0 Å². The van der Waals surface area contributed by atoms with Crippen LogP contribution in [0.2, 0.25) is 10.0 Å². The Kier molecular flexibility index (Phi) is 2.87. The predicted molar refractivity (Wildman–Crippen MR) is 60.3 cm³/mol. The molecule has 5 heteroatoms. The summed E-state index contributed by atoms with van der Waals surface area (Å²) < 4.78 is 0. The molecule has 1 amide bonds. The van der Waals surface area contributed by atoms with Crippen molar-refractivity contribution in [2.45, 2.75) is 18.5 Å². The smallest absolute Gasteiger partial charge is 0.251 e. The summed E-state index contributed by atoms with van der Waals surface area (Å²) in [5.41, 5.74) is 6.09. The van der Waals surface area contributed by atoms with E-state index in [0.717, 1.165) is 6.42 Å². The third-order valence-corrected chi connectivity index (χ3v) is 3.08. The van der Waals surface area contributed by atoms with Crippen molar-refractivity contribution in [3.05, 3.63) is 33.8 Å². The van der Waals surface area contributed by atoms with Gasteiger partial charge in [-0.2, -0.15) is 0 Å². The maximum Gasteiger partial charge on any atom is 0.251 e. The maximum absolute atomic E-state index is 11.6. The summed E-state index contributed by atoms with van der Waals surface area (Å²) in [6.45, 7) is 0. The summed E-state index contributed by atoms with van der Waals surface area (Å²) in [6.07, 6.45) is 0.840. The van der Waals surface area contributed by atoms with Crippen molar-refractivity contribution in [2.75, 3.05) is 0 Å². The van der Waals surface area contributed by atoms with Crippen LogP contribution in [0.1, 0.15) is 16.8 Å². The average molecular weight is 245 g/mol. The fourth-order valence-electron chi connectivity index (χ4n) is 1.27. The lowest BCUT2D eigenvalue weighted by Gasteiger charge is -2.04. The van der Waals surface area contributed by atoms with Crippen LogP contribution >= 0.6 is 23.2 Å². The molecule has 3 N–H and O–H groups in total. The molecule has 0 aliphatic heterocycles. The summed E-state index contributed by atoms with van der Waals surface area (Å²) in [6, 6.07) is 4.99. The lowest BCUT2D eigenvalue weighted by atomic mass is 10.2. The molecule has 2 atom stereocenters. The van der Waals surface area contributed by atoms with Gasteiger partial charge in [-0.15, -0.1) is 0 Å². The molecule has 0 spiro atoms. The topological polar surface area (TPSA) is 55.1 Å². The van der Waals surface area contributed by atoms with Gasteiger partial charge in [-0.1, -0.05) is 23.2 Å². The van der Waals surface area contributed by atoms with Gasteiger partial charge in [0.1, 0.15) is 0 Å². The lowest BCUT2D eigenvalue weighted by Crippen LogP contribution is -2.29. The molecule has 1 saturated carbocycles. The Morgan fingerprint density at radius 2 is 2.07 bits per heavy atom. The molecule has 2 unspecified atom stereocenters. The van der Waals surface area contributed by atoms with Crippen molar-refractivity contribution in [3.63, 3.8) is 0 Å². The number of amides is 1. The number of nitrogens with two attached hydrogens (primary N) is 1. The zero-order chi connectivity index (χ0) is 11.0. The highest BCUT2D eigenvalue weighted by atomic mass is 35.5. The van der Waals surface area contributed by atoms with Crippen molar-refractivity contribution >= 4 is 29.1 Å². The summed E-state index contributed by atoms with van der Waals surface area (Å²) in [5.74, 6) is -0.161. The highest BCUT2D eigenvalue weighted by Crippen LogP contribution is 2.23. The number of hydrogen-bond donors (Lipinski definition) is 2. The largest absolute Gasteiger partial charge is 0.348 e. The van der Waals surface area contributed by atoms with E-state index in [-0.39, 0.29) is 18.0 Å². The van der Waals surface area contributed by atoms with Crippen LogP contribution in [0, 0.1) is 0 Å². The Labute approximate surface area is 97.5 Å². The second-order valence-electron chi connectivity index (χ2n) is 3.61. The molecule has 3 nitrogen and oxygen atoms in total. The number of carbonyl (C=O) groups is 1. The first kappa shape index (κ1) is 10.7. The van der Waals surface area contributed by atoms with Crippen molar-refractivity contribution < 1.29 is 4.79 Å². The molecule has 1 aliphatic carbocycles. The maximum atomic E-state index is 11.6. The zero-order valence-electron chi connectivity index (χ0n) is 7.84. The molecule has 0 aromatic heterocycles. The van der Waals surface area contributed by atoms with E-state index in [0.29, 0.717) is 15.6 Å². The van der Waals surface area contributed by atoms with Gasteiger partial charge in [0, 0.05) is 17.6 Å². The van der Waals surface area contributed by atoms with Crippen LogP contribution < -0.4 is 11.1 Å². The fourth-order valence-corrected chi connectivity index (χ4v) is 1.57. The van der Waals surface area contributed by atoms with Crippen LogP contribution in [0.25, 0.3) is 0 Å². The molecule has 1 fully saturated rings. The summed E-state index contributed by atoms with van der Waals surface area (Å²) in [4.78, 5) is 11.6. The minimum atomic E-state index is -0.161. The molecule has 80 valence electrons. The Hall–Kier alpha value is -0.770. The van der Waals surface area contributed by atoms with Crippen molar-refractivity contribution in [1.29, 1.82) is 0 Å². The fraction of sp³-hybridized carbons (Fsp3) is 0.300. The van der Waals surface area contributed by atoms with E-state index in [9.17, 15) is 4.79 Å². The molecule has 0 heterocycles. The molecule has 0 bridgehead atoms. The molecule has 0 saturated heterocycles. The van der Waals surface area contributed by atoms with Crippen molar-refractivity contribution in [1.82, 2.24) is 5.32 Å². The normalized spacial score (nSPS) is 23.7. The number of benzene rings is 1. The van der Waals surface area contributed by atoms with E-state index in [4.69, 9.17) is 28.9 Å².